The van der Waals surface area contributed by atoms with Crippen LogP contribution in [0.25, 0.3) is 0 Å². The van der Waals surface area contributed by atoms with E-state index in [1.165, 1.54) is 11.8 Å². The van der Waals surface area contributed by atoms with E-state index in [1.54, 1.807) is 18.2 Å². The van der Waals surface area contributed by atoms with Crippen molar-refractivity contribution in [1.29, 1.82) is 0 Å². The van der Waals surface area contributed by atoms with Crippen LogP contribution >= 0.6 is 35.0 Å². The number of carbonyl (C=O) groups is 1. The number of halogens is 2. The molecule has 3 rings (SSSR count). The van der Waals surface area contributed by atoms with Gasteiger partial charge in [0.2, 0.25) is 5.91 Å². The second kappa shape index (κ2) is 10.2. The molecule has 1 N–H and O–H groups in total. The first kappa shape index (κ1) is 22.5. The van der Waals surface area contributed by atoms with Crippen LogP contribution in [-0.2, 0) is 17.9 Å². The third-order valence-electron chi connectivity index (χ3n) is 4.29. The molecule has 1 amide bonds. The number of benzene rings is 2. The summed E-state index contributed by atoms with van der Waals surface area (Å²) in [6.07, 6.45) is 0. The third kappa shape index (κ3) is 5.90. The molecule has 0 unspecified atom stereocenters. The quantitative estimate of drug-likeness (QED) is 0.443. The van der Waals surface area contributed by atoms with Gasteiger partial charge in [0.25, 0.3) is 0 Å². The number of ether oxygens (including phenoxy) is 1. The number of nitrogens with zero attached hydrogens (tertiary/aromatic N) is 3. The van der Waals surface area contributed by atoms with Gasteiger partial charge in [0, 0.05) is 22.3 Å². The predicted molar refractivity (Wildman–Crippen MR) is 122 cm³/mol. The van der Waals surface area contributed by atoms with Gasteiger partial charge in [-0.25, -0.2) is 0 Å². The van der Waals surface area contributed by atoms with Gasteiger partial charge in [0.05, 0.1) is 5.75 Å². The highest BCUT2D eigenvalue weighted by Crippen LogP contribution is 2.24. The van der Waals surface area contributed by atoms with Crippen molar-refractivity contribution in [2.75, 3.05) is 11.1 Å². The van der Waals surface area contributed by atoms with E-state index in [0.29, 0.717) is 39.9 Å². The minimum Gasteiger partial charge on any atom is -0.485 e. The molecule has 0 saturated heterocycles. The number of hydrogen-bond acceptors (Lipinski definition) is 5. The Balaban J connectivity index is 1.61. The molecule has 2 aromatic carbocycles. The lowest BCUT2D eigenvalue weighted by atomic mass is 10.1. The standard InChI is InChI=1S/C21H22Cl2N4O2S/c1-4-27-19(11-29-18-7-13(2)5-6-14(18)3)25-26-21(27)30-12-20(28)24-17-9-15(22)8-16(23)10-17/h5-10H,4,11-12H2,1-3H3,(H,24,28). The zero-order valence-corrected chi connectivity index (χ0v) is 19.2. The number of aromatic nitrogens is 3. The lowest BCUT2D eigenvalue weighted by molar-refractivity contribution is -0.113. The predicted octanol–water partition coefficient (Wildman–Crippen LogP) is 5.53. The summed E-state index contributed by atoms with van der Waals surface area (Å²) in [7, 11) is 0. The van der Waals surface area contributed by atoms with Crippen LogP contribution in [0.5, 0.6) is 5.75 Å². The maximum atomic E-state index is 12.3. The van der Waals surface area contributed by atoms with Gasteiger partial charge in [-0.1, -0.05) is 47.1 Å². The van der Waals surface area contributed by atoms with Crippen LogP contribution in [0.15, 0.2) is 41.6 Å². The molecule has 0 atom stereocenters. The molecule has 0 aliphatic rings. The molecule has 0 spiro atoms. The SMILES string of the molecule is CCn1c(COc2cc(C)ccc2C)nnc1SCC(=O)Nc1cc(Cl)cc(Cl)c1. The summed E-state index contributed by atoms with van der Waals surface area (Å²) < 4.78 is 7.89. The summed E-state index contributed by atoms with van der Waals surface area (Å²) in [6.45, 7) is 7.01. The highest BCUT2D eigenvalue weighted by molar-refractivity contribution is 7.99. The lowest BCUT2D eigenvalue weighted by Crippen LogP contribution is -2.15. The van der Waals surface area contributed by atoms with Crippen molar-refractivity contribution in [3.63, 3.8) is 0 Å². The molecule has 0 aliphatic heterocycles. The highest BCUT2D eigenvalue weighted by Gasteiger charge is 2.14. The topological polar surface area (TPSA) is 69.0 Å². The van der Waals surface area contributed by atoms with E-state index in [2.05, 4.69) is 15.5 Å². The van der Waals surface area contributed by atoms with Gasteiger partial charge in [0.1, 0.15) is 12.4 Å². The fraction of sp³-hybridized carbons (Fsp3) is 0.286. The second-order valence-electron chi connectivity index (χ2n) is 6.70. The number of hydrogen-bond donors (Lipinski definition) is 1. The van der Waals surface area contributed by atoms with Gasteiger partial charge in [-0.05, 0) is 56.2 Å². The molecule has 158 valence electrons. The molecule has 0 bridgehead atoms. The molecule has 0 radical (unpaired) electrons. The Morgan fingerprint density at radius 2 is 1.87 bits per heavy atom. The van der Waals surface area contributed by atoms with E-state index < -0.39 is 0 Å². The maximum Gasteiger partial charge on any atom is 0.234 e. The molecule has 0 fully saturated rings. The largest absolute Gasteiger partial charge is 0.485 e. The fourth-order valence-corrected chi connectivity index (χ4v) is 4.16. The summed E-state index contributed by atoms with van der Waals surface area (Å²) in [5, 5.41) is 12.8. The van der Waals surface area contributed by atoms with Crippen LogP contribution in [0.3, 0.4) is 0 Å². The van der Waals surface area contributed by atoms with Crippen molar-refractivity contribution < 1.29 is 9.53 Å². The van der Waals surface area contributed by atoms with Crippen molar-refractivity contribution in [3.8, 4) is 5.75 Å². The Labute approximate surface area is 189 Å². The van der Waals surface area contributed by atoms with Crippen LogP contribution in [0.2, 0.25) is 10.0 Å². The summed E-state index contributed by atoms with van der Waals surface area (Å²) in [5.41, 5.74) is 2.75. The first-order valence-electron chi connectivity index (χ1n) is 9.36. The lowest BCUT2D eigenvalue weighted by Gasteiger charge is -2.11. The molecular formula is C21H22Cl2N4O2S. The Kier molecular flexibility index (Phi) is 7.64. The van der Waals surface area contributed by atoms with Gasteiger partial charge in [0.15, 0.2) is 11.0 Å². The molecule has 6 nitrogen and oxygen atoms in total. The average Bonchev–Trinajstić information content (AvgIpc) is 3.08. The molecule has 9 heteroatoms. The highest BCUT2D eigenvalue weighted by atomic mass is 35.5. The number of rotatable bonds is 8. The first-order valence-corrected chi connectivity index (χ1v) is 11.1. The van der Waals surface area contributed by atoms with E-state index in [-0.39, 0.29) is 11.7 Å². The minimum atomic E-state index is -0.183. The number of carbonyl (C=O) groups excluding carboxylic acids is 1. The third-order valence-corrected chi connectivity index (χ3v) is 5.69. The average molecular weight is 465 g/mol. The summed E-state index contributed by atoms with van der Waals surface area (Å²) in [6, 6.07) is 11.0. The number of aryl methyl sites for hydroxylation is 2. The number of thioether (sulfide) groups is 1. The fourth-order valence-electron chi connectivity index (χ4n) is 2.81. The summed E-state index contributed by atoms with van der Waals surface area (Å²) >= 11 is 13.2. The van der Waals surface area contributed by atoms with Crippen LogP contribution in [-0.4, -0.2) is 26.4 Å². The first-order chi connectivity index (χ1) is 14.4. The van der Waals surface area contributed by atoms with E-state index in [4.69, 9.17) is 27.9 Å². The monoisotopic (exact) mass is 464 g/mol. The Bertz CT molecular complexity index is 1040. The van der Waals surface area contributed by atoms with E-state index in [1.807, 2.05) is 43.5 Å². The van der Waals surface area contributed by atoms with Crippen LogP contribution in [0.1, 0.15) is 23.9 Å². The molecular weight excluding hydrogens is 443 g/mol. The van der Waals surface area contributed by atoms with Gasteiger partial charge in [-0.15, -0.1) is 10.2 Å². The van der Waals surface area contributed by atoms with Crippen LogP contribution in [0, 0.1) is 13.8 Å². The van der Waals surface area contributed by atoms with Crippen LogP contribution in [0.4, 0.5) is 5.69 Å². The van der Waals surface area contributed by atoms with Gasteiger partial charge >= 0.3 is 0 Å². The van der Waals surface area contributed by atoms with E-state index >= 15 is 0 Å². The minimum absolute atomic E-state index is 0.181. The smallest absolute Gasteiger partial charge is 0.234 e. The van der Waals surface area contributed by atoms with Crippen molar-refractivity contribution in [3.05, 3.63) is 63.4 Å². The van der Waals surface area contributed by atoms with Gasteiger partial charge < -0.3 is 14.6 Å². The maximum absolute atomic E-state index is 12.3. The zero-order valence-electron chi connectivity index (χ0n) is 16.9. The van der Waals surface area contributed by atoms with Crippen molar-refractivity contribution in [2.45, 2.75) is 39.1 Å². The Morgan fingerprint density at radius 3 is 2.57 bits per heavy atom. The second-order valence-corrected chi connectivity index (χ2v) is 8.51. The molecule has 3 aromatic rings. The summed E-state index contributed by atoms with van der Waals surface area (Å²) in [5.74, 6) is 1.54. The summed E-state index contributed by atoms with van der Waals surface area (Å²) in [4.78, 5) is 12.3. The molecule has 0 saturated carbocycles. The van der Waals surface area contributed by atoms with Gasteiger partial charge in [-0.3, -0.25) is 4.79 Å². The van der Waals surface area contributed by atoms with Crippen molar-refractivity contribution >= 4 is 46.6 Å². The molecule has 30 heavy (non-hydrogen) atoms. The molecule has 1 aromatic heterocycles. The normalized spacial score (nSPS) is 10.8. The zero-order chi connectivity index (χ0) is 21.7. The number of nitrogens with one attached hydrogen (secondary N) is 1. The Hall–Kier alpha value is -2.22. The number of amides is 1. The van der Waals surface area contributed by atoms with Gasteiger partial charge in [-0.2, -0.15) is 0 Å². The van der Waals surface area contributed by atoms with Crippen molar-refractivity contribution in [2.24, 2.45) is 0 Å². The number of anilines is 1. The van der Waals surface area contributed by atoms with E-state index in [9.17, 15) is 4.79 Å². The molecule has 1 heterocycles. The van der Waals surface area contributed by atoms with Crippen molar-refractivity contribution in [1.82, 2.24) is 14.8 Å². The Morgan fingerprint density at radius 1 is 1.13 bits per heavy atom. The van der Waals surface area contributed by atoms with Crippen LogP contribution < -0.4 is 10.1 Å². The molecule has 0 aliphatic carbocycles. The van der Waals surface area contributed by atoms with E-state index in [0.717, 1.165) is 16.9 Å².